The Labute approximate surface area is 97.0 Å². The summed E-state index contributed by atoms with van der Waals surface area (Å²) in [4.78, 5) is 1.39. The van der Waals surface area contributed by atoms with Crippen molar-refractivity contribution >= 4 is 27.3 Å². The third-order valence-corrected chi connectivity index (χ3v) is 4.36. The smallest absolute Gasteiger partial charge is 0.0302 e. The van der Waals surface area contributed by atoms with Crippen LogP contribution in [0.25, 0.3) is 0 Å². The lowest BCUT2D eigenvalue weighted by Crippen LogP contribution is -2.27. The van der Waals surface area contributed by atoms with E-state index in [1.165, 1.54) is 22.2 Å². The van der Waals surface area contributed by atoms with Gasteiger partial charge in [-0.2, -0.15) is 0 Å². The van der Waals surface area contributed by atoms with Crippen molar-refractivity contribution in [2.24, 2.45) is 5.73 Å². The van der Waals surface area contributed by atoms with Crippen LogP contribution in [0.5, 0.6) is 0 Å². The van der Waals surface area contributed by atoms with Crippen LogP contribution < -0.4 is 11.1 Å². The first kappa shape index (κ1) is 10.6. The van der Waals surface area contributed by atoms with Crippen LogP contribution in [0.1, 0.15) is 24.1 Å². The van der Waals surface area contributed by atoms with Crippen molar-refractivity contribution in [2.75, 3.05) is 0 Å². The fourth-order valence-electron chi connectivity index (χ4n) is 1.89. The molecule has 0 saturated heterocycles. The quantitative estimate of drug-likeness (QED) is 0.889. The van der Waals surface area contributed by atoms with Crippen LogP contribution >= 0.6 is 27.3 Å². The highest BCUT2D eigenvalue weighted by molar-refractivity contribution is 9.10. The van der Waals surface area contributed by atoms with E-state index in [9.17, 15) is 0 Å². The number of nitrogens with two attached hydrogens (primary N) is 1. The van der Waals surface area contributed by atoms with Gasteiger partial charge in [-0.15, -0.1) is 11.3 Å². The molecule has 2 unspecified atom stereocenters. The highest BCUT2D eigenvalue weighted by Gasteiger charge is 2.20. The molecule has 0 aromatic carbocycles. The van der Waals surface area contributed by atoms with Gasteiger partial charge in [0.15, 0.2) is 0 Å². The van der Waals surface area contributed by atoms with Crippen molar-refractivity contribution in [3.05, 3.63) is 20.8 Å². The summed E-state index contributed by atoms with van der Waals surface area (Å²) in [6.45, 7) is 0.980. The van der Waals surface area contributed by atoms with Crippen LogP contribution in [-0.2, 0) is 6.54 Å². The molecule has 4 heteroatoms. The van der Waals surface area contributed by atoms with E-state index >= 15 is 0 Å². The summed E-state index contributed by atoms with van der Waals surface area (Å²) in [6.07, 6.45) is 3.53. The van der Waals surface area contributed by atoms with Gasteiger partial charge in [0.05, 0.1) is 0 Å². The lowest BCUT2D eigenvalue weighted by atomic mass is 10.2. The van der Waals surface area contributed by atoms with Crippen LogP contribution in [-0.4, -0.2) is 12.1 Å². The zero-order valence-corrected chi connectivity index (χ0v) is 10.4. The fourth-order valence-corrected chi connectivity index (χ4v) is 3.30. The highest BCUT2D eigenvalue weighted by atomic mass is 79.9. The molecule has 14 heavy (non-hydrogen) atoms. The van der Waals surface area contributed by atoms with Crippen molar-refractivity contribution in [1.29, 1.82) is 0 Å². The maximum Gasteiger partial charge on any atom is 0.0302 e. The molecule has 2 rings (SSSR count). The second kappa shape index (κ2) is 4.75. The van der Waals surface area contributed by atoms with Crippen molar-refractivity contribution in [3.63, 3.8) is 0 Å². The zero-order chi connectivity index (χ0) is 9.97. The molecule has 1 heterocycles. The van der Waals surface area contributed by atoms with Gasteiger partial charge in [-0.25, -0.2) is 0 Å². The van der Waals surface area contributed by atoms with E-state index in [1.54, 1.807) is 11.3 Å². The van der Waals surface area contributed by atoms with Gasteiger partial charge in [0.2, 0.25) is 0 Å². The van der Waals surface area contributed by atoms with Gasteiger partial charge in [0.25, 0.3) is 0 Å². The average Bonchev–Trinajstić information content (AvgIpc) is 2.72. The van der Waals surface area contributed by atoms with Crippen LogP contribution in [0.3, 0.4) is 0 Å². The zero-order valence-electron chi connectivity index (χ0n) is 8.00. The average molecular weight is 275 g/mol. The van der Waals surface area contributed by atoms with Crippen molar-refractivity contribution < 1.29 is 0 Å². The molecule has 2 nitrogen and oxygen atoms in total. The monoisotopic (exact) mass is 274 g/mol. The molecule has 0 spiro atoms. The fraction of sp³-hybridized carbons (Fsp3) is 0.600. The minimum absolute atomic E-state index is 0.419. The normalized spacial score (nSPS) is 27.0. The number of halogens is 1. The summed E-state index contributed by atoms with van der Waals surface area (Å²) < 4.78 is 1.18. The summed E-state index contributed by atoms with van der Waals surface area (Å²) in [5.41, 5.74) is 5.85. The first-order chi connectivity index (χ1) is 6.74. The molecule has 1 aliphatic rings. The van der Waals surface area contributed by atoms with E-state index in [-0.39, 0.29) is 0 Å². The molecule has 0 aliphatic heterocycles. The standard InChI is InChI=1S/C10H15BrN2S/c11-7-3-10(14-6-7)5-13-9-2-1-8(12)4-9/h3,6,8-9,13H,1-2,4-5,12H2. The Morgan fingerprint density at radius 2 is 2.43 bits per heavy atom. The van der Waals surface area contributed by atoms with Gasteiger partial charge in [0.1, 0.15) is 0 Å². The molecule has 1 saturated carbocycles. The van der Waals surface area contributed by atoms with Crippen LogP contribution in [0.4, 0.5) is 0 Å². The first-order valence-corrected chi connectivity index (χ1v) is 6.63. The maximum atomic E-state index is 5.85. The summed E-state index contributed by atoms with van der Waals surface area (Å²) in [5.74, 6) is 0. The molecule has 0 bridgehead atoms. The number of nitrogens with one attached hydrogen (secondary N) is 1. The Morgan fingerprint density at radius 3 is 3.00 bits per heavy atom. The Hall–Kier alpha value is 0.1000. The van der Waals surface area contributed by atoms with Crippen molar-refractivity contribution in [1.82, 2.24) is 5.32 Å². The summed E-state index contributed by atoms with van der Waals surface area (Å²) in [5, 5.41) is 5.67. The molecule has 3 N–H and O–H groups in total. The number of thiophene rings is 1. The minimum Gasteiger partial charge on any atom is -0.328 e. The summed E-state index contributed by atoms with van der Waals surface area (Å²) in [6, 6.07) is 3.22. The second-order valence-electron chi connectivity index (χ2n) is 3.88. The van der Waals surface area contributed by atoms with Gasteiger partial charge in [-0.3, -0.25) is 0 Å². The van der Waals surface area contributed by atoms with E-state index in [2.05, 4.69) is 32.7 Å². The predicted octanol–water partition coefficient (Wildman–Crippen LogP) is 2.48. The SMILES string of the molecule is NC1CCC(NCc2cc(Br)cs2)C1. The molecular weight excluding hydrogens is 260 g/mol. The van der Waals surface area contributed by atoms with Gasteiger partial charge in [0, 0.05) is 33.4 Å². The van der Waals surface area contributed by atoms with Gasteiger partial charge < -0.3 is 11.1 Å². The number of hydrogen-bond acceptors (Lipinski definition) is 3. The van der Waals surface area contributed by atoms with Gasteiger partial charge in [-0.1, -0.05) is 0 Å². The molecule has 1 aromatic rings. The van der Waals surface area contributed by atoms with Gasteiger partial charge >= 0.3 is 0 Å². The number of rotatable bonds is 3. The first-order valence-electron chi connectivity index (χ1n) is 4.96. The molecule has 1 aromatic heterocycles. The Kier molecular flexibility index (Phi) is 3.60. The molecule has 0 radical (unpaired) electrons. The number of hydrogen-bond donors (Lipinski definition) is 2. The molecular formula is C10H15BrN2S. The topological polar surface area (TPSA) is 38.0 Å². The summed E-state index contributed by atoms with van der Waals surface area (Å²) >= 11 is 5.25. The molecule has 0 amide bonds. The maximum absolute atomic E-state index is 5.85. The minimum atomic E-state index is 0.419. The summed E-state index contributed by atoms with van der Waals surface area (Å²) in [7, 11) is 0. The molecule has 2 atom stereocenters. The third kappa shape index (κ3) is 2.79. The Balaban J connectivity index is 1.77. The van der Waals surface area contributed by atoms with Gasteiger partial charge in [-0.05, 0) is 41.3 Å². The van der Waals surface area contributed by atoms with E-state index in [1.807, 2.05) is 0 Å². The van der Waals surface area contributed by atoms with E-state index in [0.29, 0.717) is 12.1 Å². The third-order valence-electron chi connectivity index (χ3n) is 2.66. The van der Waals surface area contributed by atoms with Crippen LogP contribution in [0.2, 0.25) is 0 Å². The van der Waals surface area contributed by atoms with Crippen molar-refractivity contribution in [3.8, 4) is 0 Å². The van der Waals surface area contributed by atoms with Crippen LogP contribution in [0.15, 0.2) is 15.9 Å². The molecule has 78 valence electrons. The second-order valence-corrected chi connectivity index (χ2v) is 5.79. The largest absolute Gasteiger partial charge is 0.328 e. The highest BCUT2D eigenvalue weighted by Crippen LogP contribution is 2.21. The lowest BCUT2D eigenvalue weighted by molar-refractivity contribution is 0.519. The molecule has 1 fully saturated rings. The van der Waals surface area contributed by atoms with E-state index in [4.69, 9.17) is 5.73 Å². The van der Waals surface area contributed by atoms with E-state index < -0.39 is 0 Å². The predicted molar refractivity (Wildman–Crippen MR) is 64.5 cm³/mol. The Morgan fingerprint density at radius 1 is 1.57 bits per heavy atom. The van der Waals surface area contributed by atoms with E-state index in [0.717, 1.165) is 13.0 Å². The Bertz CT molecular complexity index is 300. The van der Waals surface area contributed by atoms with Crippen LogP contribution in [0, 0.1) is 0 Å². The molecule has 1 aliphatic carbocycles. The lowest BCUT2D eigenvalue weighted by Gasteiger charge is -2.10. The van der Waals surface area contributed by atoms with Crippen molar-refractivity contribution in [2.45, 2.75) is 37.9 Å².